The molecule has 158 valence electrons. The topological polar surface area (TPSA) is 70.1 Å². The zero-order valence-electron chi connectivity index (χ0n) is 17.3. The number of hydrogen-bond acceptors (Lipinski definition) is 4. The third kappa shape index (κ3) is 3.75. The van der Waals surface area contributed by atoms with Crippen LogP contribution in [0.5, 0.6) is 5.75 Å². The van der Waals surface area contributed by atoms with E-state index in [-0.39, 0.29) is 42.5 Å². The number of nitrogens with zero attached hydrogens (tertiary/aromatic N) is 2. The van der Waals surface area contributed by atoms with Crippen LogP contribution in [0.25, 0.3) is 0 Å². The van der Waals surface area contributed by atoms with Crippen LogP contribution in [0, 0.1) is 5.41 Å². The van der Waals surface area contributed by atoms with E-state index in [1.807, 2.05) is 21.9 Å². The molecule has 1 aromatic carbocycles. The molecule has 0 saturated carbocycles. The number of rotatable bonds is 6. The van der Waals surface area contributed by atoms with Crippen molar-refractivity contribution in [2.75, 3.05) is 26.3 Å². The number of aliphatic hydroxyl groups is 1. The number of fused-ring (bicyclic) bond motifs is 2. The Morgan fingerprint density at radius 1 is 1.21 bits per heavy atom. The quantitative estimate of drug-likeness (QED) is 0.797. The van der Waals surface area contributed by atoms with Crippen LogP contribution in [0.1, 0.15) is 62.2 Å². The maximum absolute atomic E-state index is 13.3. The Morgan fingerprint density at radius 2 is 2.00 bits per heavy atom. The molecule has 1 N–H and O–H groups in total. The number of aliphatic hydroxyl groups excluding tert-OH is 1. The van der Waals surface area contributed by atoms with E-state index in [9.17, 15) is 14.7 Å². The molecule has 3 fully saturated rings. The zero-order valence-corrected chi connectivity index (χ0v) is 17.3. The van der Waals surface area contributed by atoms with E-state index < -0.39 is 0 Å². The molecule has 3 saturated heterocycles. The van der Waals surface area contributed by atoms with E-state index >= 15 is 0 Å². The van der Waals surface area contributed by atoms with E-state index in [4.69, 9.17) is 4.74 Å². The normalized spacial score (nSPS) is 28.6. The van der Waals surface area contributed by atoms with E-state index in [2.05, 4.69) is 6.92 Å². The van der Waals surface area contributed by atoms with Crippen LogP contribution in [-0.2, 0) is 4.79 Å². The largest absolute Gasteiger partial charge is 0.484 e. The number of hydrogen-bond donors (Lipinski definition) is 1. The molecule has 29 heavy (non-hydrogen) atoms. The van der Waals surface area contributed by atoms with Gasteiger partial charge in [0.25, 0.3) is 11.8 Å². The molecule has 2 amide bonds. The molecule has 2 bridgehead atoms. The monoisotopic (exact) mass is 400 g/mol. The minimum Gasteiger partial charge on any atom is -0.484 e. The van der Waals surface area contributed by atoms with Crippen molar-refractivity contribution >= 4 is 11.8 Å². The second-order valence-corrected chi connectivity index (χ2v) is 8.80. The van der Waals surface area contributed by atoms with Crippen molar-refractivity contribution in [3.8, 4) is 5.75 Å². The predicted molar refractivity (Wildman–Crippen MR) is 110 cm³/mol. The van der Waals surface area contributed by atoms with Gasteiger partial charge >= 0.3 is 0 Å². The Hall–Kier alpha value is -2.08. The van der Waals surface area contributed by atoms with Crippen LogP contribution >= 0.6 is 0 Å². The predicted octanol–water partition coefficient (Wildman–Crippen LogP) is 2.84. The van der Waals surface area contributed by atoms with Gasteiger partial charge in [-0.3, -0.25) is 9.59 Å². The number of likely N-dealkylation sites (tertiary alicyclic amines) is 1. The van der Waals surface area contributed by atoms with Crippen molar-refractivity contribution in [1.82, 2.24) is 9.80 Å². The smallest absolute Gasteiger partial charge is 0.260 e. The highest BCUT2D eigenvalue weighted by Crippen LogP contribution is 2.51. The van der Waals surface area contributed by atoms with Crippen molar-refractivity contribution in [1.29, 1.82) is 0 Å². The summed E-state index contributed by atoms with van der Waals surface area (Å²) in [5.41, 5.74) is 0.433. The van der Waals surface area contributed by atoms with Gasteiger partial charge in [-0.15, -0.1) is 0 Å². The van der Waals surface area contributed by atoms with Crippen molar-refractivity contribution in [3.05, 3.63) is 29.8 Å². The van der Waals surface area contributed by atoms with Crippen molar-refractivity contribution in [2.45, 2.75) is 64.0 Å². The fraction of sp³-hybridized carbons (Fsp3) is 0.652. The van der Waals surface area contributed by atoms with Crippen LogP contribution in [0.2, 0.25) is 0 Å². The van der Waals surface area contributed by atoms with Crippen molar-refractivity contribution in [3.63, 3.8) is 0 Å². The average molecular weight is 401 g/mol. The first-order chi connectivity index (χ1) is 14.1. The SMILES string of the molecule is CC[C@@]1(CO)C[C@@H]2CC[C@H]1N2C(=O)c1cccc(OCC(=O)N2CCCCC2)c1. The lowest BCUT2D eigenvalue weighted by Gasteiger charge is -2.34. The first kappa shape index (κ1) is 20.2. The summed E-state index contributed by atoms with van der Waals surface area (Å²) in [6, 6.07) is 7.49. The summed E-state index contributed by atoms with van der Waals surface area (Å²) in [4.78, 5) is 29.5. The minimum absolute atomic E-state index is 0.00841. The summed E-state index contributed by atoms with van der Waals surface area (Å²) in [7, 11) is 0. The van der Waals surface area contributed by atoms with Crippen LogP contribution in [0.15, 0.2) is 24.3 Å². The van der Waals surface area contributed by atoms with Crippen LogP contribution in [0.4, 0.5) is 0 Å². The first-order valence-corrected chi connectivity index (χ1v) is 11.0. The lowest BCUT2D eigenvalue weighted by molar-refractivity contribution is -0.134. The van der Waals surface area contributed by atoms with Gasteiger partial charge in [0.2, 0.25) is 0 Å². The highest BCUT2D eigenvalue weighted by atomic mass is 16.5. The number of piperidine rings is 1. The van der Waals surface area contributed by atoms with Gasteiger partial charge in [0.05, 0.1) is 6.61 Å². The molecule has 3 aliphatic heterocycles. The molecule has 0 spiro atoms. The molecule has 6 heteroatoms. The highest BCUT2D eigenvalue weighted by Gasteiger charge is 2.56. The Labute approximate surface area is 172 Å². The number of ether oxygens (including phenoxy) is 1. The molecular weight excluding hydrogens is 368 g/mol. The lowest BCUT2D eigenvalue weighted by atomic mass is 9.72. The summed E-state index contributed by atoms with van der Waals surface area (Å²) < 4.78 is 5.73. The van der Waals surface area contributed by atoms with Crippen LogP contribution < -0.4 is 4.74 Å². The summed E-state index contributed by atoms with van der Waals surface area (Å²) in [6.07, 6.45) is 7.04. The summed E-state index contributed by atoms with van der Waals surface area (Å²) in [5.74, 6) is 0.570. The van der Waals surface area contributed by atoms with E-state index in [1.54, 1.807) is 12.1 Å². The average Bonchev–Trinajstić information content (AvgIpc) is 3.34. The number of benzene rings is 1. The third-order valence-corrected chi connectivity index (χ3v) is 7.26. The van der Waals surface area contributed by atoms with E-state index in [0.717, 1.165) is 51.6 Å². The van der Waals surface area contributed by atoms with Gasteiger partial charge in [0.15, 0.2) is 6.61 Å². The van der Waals surface area contributed by atoms with Crippen molar-refractivity contribution in [2.24, 2.45) is 5.41 Å². The second-order valence-electron chi connectivity index (χ2n) is 8.80. The molecule has 0 aliphatic carbocycles. The van der Waals surface area contributed by atoms with Crippen molar-refractivity contribution < 1.29 is 19.4 Å². The molecule has 0 unspecified atom stereocenters. The molecule has 0 aromatic heterocycles. The molecule has 3 heterocycles. The molecule has 1 aromatic rings. The second kappa shape index (κ2) is 8.34. The molecule has 0 radical (unpaired) electrons. The van der Waals surface area contributed by atoms with Gasteiger partial charge in [-0.25, -0.2) is 0 Å². The van der Waals surface area contributed by atoms with E-state index in [0.29, 0.717) is 11.3 Å². The summed E-state index contributed by atoms with van der Waals surface area (Å²) >= 11 is 0. The first-order valence-electron chi connectivity index (χ1n) is 11.0. The van der Waals surface area contributed by atoms with Crippen LogP contribution in [0.3, 0.4) is 0 Å². The Bertz CT molecular complexity index is 755. The molecule has 6 nitrogen and oxygen atoms in total. The molecular formula is C23H32N2O4. The van der Waals surface area contributed by atoms with Gasteiger partial charge < -0.3 is 19.6 Å². The zero-order chi connectivity index (χ0) is 20.4. The Morgan fingerprint density at radius 3 is 2.69 bits per heavy atom. The number of amides is 2. The lowest BCUT2D eigenvalue weighted by Crippen LogP contribution is -2.42. The molecule has 4 rings (SSSR count). The molecule has 3 atom stereocenters. The standard InChI is InChI=1S/C23H32N2O4/c1-2-23(16-26)14-18-9-10-20(23)25(18)22(28)17-7-6-8-19(13-17)29-15-21(27)24-11-4-3-5-12-24/h6-8,13,18,20,26H,2-5,9-12,14-16H2,1H3/t18-,20+,23-/m0/s1. The number of carbonyl (C=O) groups is 2. The number of carbonyl (C=O) groups excluding carboxylic acids is 2. The summed E-state index contributed by atoms with van der Waals surface area (Å²) in [5, 5.41) is 9.99. The van der Waals surface area contributed by atoms with Gasteiger partial charge in [-0.05, 0) is 63.1 Å². The minimum atomic E-state index is -0.159. The van der Waals surface area contributed by atoms with Gasteiger partial charge in [-0.2, -0.15) is 0 Å². The van der Waals surface area contributed by atoms with Gasteiger partial charge in [-0.1, -0.05) is 13.0 Å². The Balaban J connectivity index is 1.42. The highest BCUT2D eigenvalue weighted by molar-refractivity contribution is 5.95. The Kier molecular flexibility index (Phi) is 5.81. The molecule has 3 aliphatic rings. The maximum Gasteiger partial charge on any atom is 0.260 e. The maximum atomic E-state index is 13.3. The van der Waals surface area contributed by atoms with E-state index in [1.165, 1.54) is 6.42 Å². The summed E-state index contributed by atoms with van der Waals surface area (Å²) in [6.45, 7) is 3.87. The third-order valence-electron chi connectivity index (χ3n) is 7.26. The van der Waals surface area contributed by atoms with Crippen LogP contribution in [-0.4, -0.2) is 65.1 Å². The van der Waals surface area contributed by atoms with Gasteiger partial charge in [0, 0.05) is 36.2 Å². The van der Waals surface area contributed by atoms with Gasteiger partial charge in [0.1, 0.15) is 5.75 Å². The fourth-order valence-corrected chi connectivity index (χ4v) is 5.51. The fourth-order valence-electron chi connectivity index (χ4n) is 5.51.